The molecule has 8 nitrogen and oxygen atoms in total. The summed E-state index contributed by atoms with van der Waals surface area (Å²) in [5.41, 5.74) is 1.59. The van der Waals surface area contributed by atoms with E-state index in [0.717, 1.165) is 32.7 Å². The summed E-state index contributed by atoms with van der Waals surface area (Å²) in [5, 5.41) is 10.1. The SMILES string of the molecule is COc1ccnc(N2C[C@@H]3[C@H](CO)[C@H]4CN(Cc5cncs5)C[C@]3(C2)O4)n1. The van der Waals surface area contributed by atoms with E-state index in [1.807, 2.05) is 11.7 Å². The summed E-state index contributed by atoms with van der Waals surface area (Å²) >= 11 is 1.68. The maximum atomic E-state index is 10.1. The van der Waals surface area contributed by atoms with Crippen molar-refractivity contribution in [3.05, 3.63) is 28.8 Å². The molecule has 1 spiro atoms. The number of hydrogen-bond acceptors (Lipinski definition) is 9. The molecule has 1 N–H and O–H groups in total. The molecule has 2 aromatic rings. The molecule has 0 amide bonds. The van der Waals surface area contributed by atoms with Crippen LogP contribution in [0.4, 0.5) is 5.95 Å². The molecule has 5 heterocycles. The van der Waals surface area contributed by atoms with Crippen molar-refractivity contribution in [1.29, 1.82) is 0 Å². The molecule has 0 unspecified atom stereocenters. The van der Waals surface area contributed by atoms with Gasteiger partial charge in [0.2, 0.25) is 11.8 Å². The van der Waals surface area contributed by atoms with E-state index >= 15 is 0 Å². The Bertz CT molecular complexity index is 806. The van der Waals surface area contributed by atoms with Gasteiger partial charge in [0.15, 0.2) is 0 Å². The quantitative estimate of drug-likeness (QED) is 0.798. The Kier molecular flexibility index (Phi) is 4.27. The Morgan fingerprint density at radius 3 is 3.11 bits per heavy atom. The molecule has 4 atom stereocenters. The number of aliphatic hydroxyl groups excluding tert-OH is 1. The second kappa shape index (κ2) is 6.66. The minimum Gasteiger partial charge on any atom is -0.481 e. The molecule has 0 aromatic carbocycles. The number of aromatic nitrogens is 3. The van der Waals surface area contributed by atoms with E-state index in [1.165, 1.54) is 4.88 Å². The normalized spacial score (nSPS) is 32.7. The van der Waals surface area contributed by atoms with Gasteiger partial charge in [-0.2, -0.15) is 4.98 Å². The molecule has 2 bridgehead atoms. The second-order valence-corrected chi connectivity index (χ2v) is 8.56. The van der Waals surface area contributed by atoms with Gasteiger partial charge in [-0.15, -0.1) is 11.3 Å². The fourth-order valence-corrected chi connectivity index (χ4v) is 5.57. The van der Waals surface area contributed by atoms with Crippen LogP contribution in [0.1, 0.15) is 4.88 Å². The number of methoxy groups -OCH3 is 1. The van der Waals surface area contributed by atoms with Crippen molar-refractivity contribution in [2.75, 3.05) is 44.8 Å². The monoisotopic (exact) mass is 389 g/mol. The van der Waals surface area contributed by atoms with E-state index in [9.17, 15) is 5.11 Å². The lowest BCUT2D eigenvalue weighted by atomic mass is 9.83. The zero-order valence-corrected chi connectivity index (χ0v) is 16.0. The van der Waals surface area contributed by atoms with Crippen LogP contribution in [-0.2, 0) is 11.3 Å². The van der Waals surface area contributed by atoms with Crippen LogP contribution in [0.3, 0.4) is 0 Å². The van der Waals surface area contributed by atoms with Gasteiger partial charge in [-0.1, -0.05) is 0 Å². The van der Waals surface area contributed by atoms with Crippen molar-refractivity contribution in [2.24, 2.45) is 11.8 Å². The van der Waals surface area contributed by atoms with Crippen molar-refractivity contribution >= 4 is 17.3 Å². The first-order valence-corrected chi connectivity index (χ1v) is 10.1. The lowest BCUT2D eigenvalue weighted by Crippen LogP contribution is -2.53. The second-order valence-electron chi connectivity index (χ2n) is 7.59. The predicted molar refractivity (Wildman–Crippen MR) is 99.9 cm³/mol. The van der Waals surface area contributed by atoms with Crippen LogP contribution in [0.25, 0.3) is 0 Å². The highest BCUT2D eigenvalue weighted by Crippen LogP contribution is 2.49. The first kappa shape index (κ1) is 17.3. The van der Waals surface area contributed by atoms with E-state index in [4.69, 9.17) is 9.47 Å². The summed E-state index contributed by atoms with van der Waals surface area (Å²) in [6.45, 7) is 4.27. The Hall–Kier alpha value is -1.81. The summed E-state index contributed by atoms with van der Waals surface area (Å²) in [4.78, 5) is 19.0. The predicted octanol–water partition coefficient (Wildman–Crippen LogP) is 0.640. The molecule has 0 aliphatic carbocycles. The summed E-state index contributed by atoms with van der Waals surface area (Å²) in [5.74, 6) is 1.64. The largest absolute Gasteiger partial charge is 0.481 e. The van der Waals surface area contributed by atoms with Crippen molar-refractivity contribution in [3.63, 3.8) is 0 Å². The summed E-state index contributed by atoms with van der Waals surface area (Å²) in [7, 11) is 1.61. The van der Waals surface area contributed by atoms with Crippen LogP contribution in [-0.4, -0.2) is 76.6 Å². The van der Waals surface area contributed by atoms with Gasteiger partial charge in [0, 0.05) is 68.0 Å². The van der Waals surface area contributed by atoms with E-state index < -0.39 is 0 Å². The van der Waals surface area contributed by atoms with Crippen LogP contribution >= 0.6 is 11.3 Å². The van der Waals surface area contributed by atoms with Crippen LogP contribution < -0.4 is 9.64 Å². The first-order chi connectivity index (χ1) is 13.2. The highest BCUT2D eigenvalue weighted by Gasteiger charge is 2.62. The molecular formula is C18H23N5O3S. The van der Waals surface area contributed by atoms with Gasteiger partial charge in [0.25, 0.3) is 0 Å². The van der Waals surface area contributed by atoms with Gasteiger partial charge in [-0.25, -0.2) is 4.98 Å². The number of morpholine rings is 1. The Morgan fingerprint density at radius 1 is 1.41 bits per heavy atom. The lowest BCUT2D eigenvalue weighted by molar-refractivity contribution is -0.112. The molecule has 144 valence electrons. The average Bonchev–Trinajstić information content (AvgIpc) is 3.35. The van der Waals surface area contributed by atoms with Crippen molar-refractivity contribution in [2.45, 2.75) is 18.2 Å². The van der Waals surface area contributed by atoms with Gasteiger partial charge < -0.3 is 19.5 Å². The number of rotatable bonds is 5. The van der Waals surface area contributed by atoms with Gasteiger partial charge in [-0.3, -0.25) is 9.88 Å². The molecule has 0 saturated carbocycles. The maximum Gasteiger partial charge on any atom is 0.228 e. The topological polar surface area (TPSA) is 83.8 Å². The Morgan fingerprint density at radius 2 is 2.33 bits per heavy atom. The van der Waals surface area contributed by atoms with Crippen LogP contribution in [0, 0.1) is 11.8 Å². The number of fused-ring (bicyclic) bond motifs is 1. The molecule has 3 saturated heterocycles. The Balaban J connectivity index is 1.40. The third kappa shape index (κ3) is 2.89. The summed E-state index contributed by atoms with van der Waals surface area (Å²) in [6.07, 6.45) is 3.73. The van der Waals surface area contributed by atoms with Gasteiger partial charge in [0.05, 0.1) is 25.3 Å². The van der Waals surface area contributed by atoms with Gasteiger partial charge in [0.1, 0.15) is 5.60 Å². The first-order valence-electron chi connectivity index (χ1n) is 9.21. The maximum absolute atomic E-state index is 10.1. The third-order valence-corrected chi connectivity index (χ3v) is 6.81. The highest BCUT2D eigenvalue weighted by atomic mass is 32.1. The lowest BCUT2D eigenvalue weighted by Gasteiger charge is -2.40. The van der Waals surface area contributed by atoms with Crippen molar-refractivity contribution in [1.82, 2.24) is 19.9 Å². The zero-order valence-electron chi connectivity index (χ0n) is 15.2. The number of aliphatic hydroxyl groups is 1. The molecule has 5 rings (SSSR count). The molecule has 9 heteroatoms. The van der Waals surface area contributed by atoms with Crippen LogP contribution in [0.2, 0.25) is 0 Å². The number of anilines is 1. The van der Waals surface area contributed by atoms with Crippen molar-refractivity contribution in [3.8, 4) is 5.88 Å². The fourth-order valence-electron chi connectivity index (χ4n) is 4.94. The van der Waals surface area contributed by atoms with E-state index in [0.29, 0.717) is 11.8 Å². The Labute approximate surface area is 161 Å². The van der Waals surface area contributed by atoms with Crippen LogP contribution in [0.15, 0.2) is 24.0 Å². The molecular weight excluding hydrogens is 366 g/mol. The number of nitrogens with zero attached hydrogens (tertiary/aromatic N) is 5. The number of ether oxygens (including phenoxy) is 2. The summed E-state index contributed by atoms with van der Waals surface area (Å²) in [6, 6.07) is 1.75. The number of hydrogen-bond donors (Lipinski definition) is 1. The molecule has 27 heavy (non-hydrogen) atoms. The number of likely N-dealkylation sites (tertiary alicyclic amines) is 1. The van der Waals surface area contributed by atoms with Gasteiger partial charge in [-0.05, 0) is 0 Å². The van der Waals surface area contributed by atoms with Crippen LogP contribution in [0.5, 0.6) is 5.88 Å². The molecule has 3 aliphatic heterocycles. The van der Waals surface area contributed by atoms with Gasteiger partial charge >= 0.3 is 0 Å². The van der Waals surface area contributed by atoms with Crippen molar-refractivity contribution < 1.29 is 14.6 Å². The minimum atomic E-state index is -0.284. The van der Waals surface area contributed by atoms with E-state index in [2.05, 4.69) is 24.8 Å². The average molecular weight is 389 g/mol. The summed E-state index contributed by atoms with van der Waals surface area (Å²) < 4.78 is 11.8. The smallest absolute Gasteiger partial charge is 0.228 e. The molecule has 3 fully saturated rings. The standard InChI is InChI=1S/C18H23N5O3S/c1-25-16-2-3-20-17(21-16)23-6-14-13(8-24)15-7-22(5-12-4-19-11-27-12)9-18(14,10-23)26-15/h2-4,11,13-15,24H,5-10H2,1H3/t13-,14+,15+,18+/m0/s1. The molecule has 2 aromatic heterocycles. The molecule has 3 aliphatic rings. The fraction of sp³-hybridized carbons (Fsp3) is 0.611. The van der Waals surface area contributed by atoms with E-state index in [-0.39, 0.29) is 30.1 Å². The highest BCUT2D eigenvalue weighted by molar-refractivity contribution is 7.09. The van der Waals surface area contributed by atoms with E-state index in [1.54, 1.807) is 30.7 Å². The minimum absolute atomic E-state index is 0.0787. The number of thiazole rings is 1. The third-order valence-electron chi connectivity index (χ3n) is 6.04. The molecule has 0 radical (unpaired) electrons. The zero-order chi connectivity index (χ0) is 18.4.